The Balaban J connectivity index is 2.50. The summed E-state index contributed by atoms with van der Waals surface area (Å²) in [6, 6.07) is 7.07. The van der Waals surface area contributed by atoms with Crippen LogP contribution in [0.25, 0.3) is 0 Å². The maximum absolute atomic E-state index is 12.5. The predicted octanol–water partition coefficient (Wildman–Crippen LogP) is 2.50. The third-order valence-electron chi connectivity index (χ3n) is 4.81. The van der Waals surface area contributed by atoms with Gasteiger partial charge in [0.1, 0.15) is 11.5 Å². The van der Waals surface area contributed by atoms with Gasteiger partial charge in [-0.15, -0.1) is 0 Å². The van der Waals surface area contributed by atoms with Gasteiger partial charge in [-0.05, 0) is 30.5 Å². The minimum absolute atomic E-state index is 0.0740. The van der Waals surface area contributed by atoms with Crippen LogP contribution in [0, 0.1) is 11.8 Å². The lowest BCUT2D eigenvalue weighted by Crippen LogP contribution is -2.39. The highest BCUT2D eigenvalue weighted by molar-refractivity contribution is 5.97. The first kappa shape index (κ1) is 19.0. The average Bonchev–Trinajstić information content (AvgIpc) is 2.66. The molecule has 0 aliphatic heterocycles. The summed E-state index contributed by atoms with van der Waals surface area (Å²) in [4.78, 5) is 37.2. The van der Waals surface area contributed by atoms with Crippen LogP contribution in [0.3, 0.4) is 0 Å². The van der Waals surface area contributed by atoms with Crippen molar-refractivity contribution in [1.82, 2.24) is 0 Å². The average molecular weight is 348 g/mol. The standard InChI is InChI=1S/C19H24O6/c1-23-13-10-8-12(9-11-13)16(14-6-4-5-7-15(14)20)17(18(21)24-2)19(22)25-3/h8-11,14,16-17H,4-7H2,1-3H3/t14-,16+/m1/s1. The molecule has 0 unspecified atom stereocenters. The zero-order chi connectivity index (χ0) is 18.4. The molecule has 0 aromatic heterocycles. The van der Waals surface area contributed by atoms with Crippen molar-refractivity contribution in [3.63, 3.8) is 0 Å². The van der Waals surface area contributed by atoms with Crippen LogP contribution in [0.1, 0.15) is 37.2 Å². The maximum Gasteiger partial charge on any atom is 0.320 e. The fraction of sp³-hybridized carbons (Fsp3) is 0.526. The van der Waals surface area contributed by atoms with E-state index in [1.165, 1.54) is 14.2 Å². The van der Waals surface area contributed by atoms with Crippen molar-refractivity contribution >= 4 is 17.7 Å². The van der Waals surface area contributed by atoms with E-state index in [9.17, 15) is 14.4 Å². The molecule has 1 aliphatic carbocycles. The molecule has 1 aliphatic rings. The molecule has 6 nitrogen and oxygen atoms in total. The van der Waals surface area contributed by atoms with Crippen LogP contribution in [0.5, 0.6) is 5.75 Å². The Hall–Kier alpha value is -2.37. The summed E-state index contributed by atoms with van der Waals surface area (Å²) in [6.07, 6.45) is 2.83. The number of Topliss-reactive ketones (excluding diaryl/α,β-unsaturated/α-hetero) is 1. The van der Waals surface area contributed by atoms with Gasteiger partial charge in [0.05, 0.1) is 21.3 Å². The van der Waals surface area contributed by atoms with Crippen molar-refractivity contribution in [3.8, 4) is 5.75 Å². The molecule has 2 atom stereocenters. The van der Waals surface area contributed by atoms with E-state index in [0.29, 0.717) is 18.6 Å². The highest BCUT2D eigenvalue weighted by Gasteiger charge is 2.44. The fourth-order valence-corrected chi connectivity index (χ4v) is 3.52. The van der Waals surface area contributed by atoms with Gasteiger partial charge in [-0.1, -0.05) is 18.6 Å². The lowest BCUT2D eigenvalue weighted by atomic mass is 9.70. The monoisotopic (exact) mass is 348 g/mol. The molecule has 6 heteroatoms. The molecule has 25 heavy (non-hydrogen) atoms. The van der Waals surface area contributed by atoms with E-state index in [2.05, 4.69) is 0 Å². The minimum Gasteiger partial charge on any atom is -0.497 e. The van der Waals surface area contributed by atoms with E-state index in [1.54, 1.807) is 31.4 Å². The normalized spacial score (nSPS) is 18.6. The van der Waals surface area contributed by atoms with Crippen molar-refractivity contribution in [2.75, 3.05) is 21.3 Å². The topological polar surface area (TPSA) is 78.9 Å². The molecule has 0 N–H and O–H groups in total. The molecular weight excluding hydrogens is 324 g/mol. The molecule has 1 fully saturated rings. The van der Waals surface area contributed by atoms with E-state index >= 15 is 0 Å². The summed E-state index contributed by atoms with van der Waals surface area (Å²) >= 11 is 0. The van der Waals surface area contributed by atoms with E-state index in [-0.39, 0.29) is 5.78 Å². The maximum atomic E-state index is 12.5. The third-order valence-corrected chi connectivity index (χ3v) is 4.81. The summed E-state index contributed by atoms with van der Waals surface area (Å²) in [6.45, 7) is 0. The zero-order valence-electron chi connectivity index (χ0n) is 14.8. The van der Waals surface area contributed by atoms with E-state index in [1.807, 2.05) is 0 Å². The number of esters is 2. The summed E-state index contributed by atoms with van der Waals surface area (Å²) < 4.78 is 14.8. The fourth-order valence-electron chi connectivity index (χ4n) is 3.52. The van der Waals surface area contributed by atoms with Gasteiger partial charge < -0.3 is 14.2 Å². The van der Waals surface area contributed by atoms with Gasteiger partial charge in [0, 0.05) is 18.3 Å². The lowest BCUT2D eigenvalue weighted by molar-refractivity contribution is -0.161. The highest BCUT2D eigenvalue weighted by atomic mass is 16.5. The van der Waals surface area contributed by atoms with E-state index in [0.717, 1.165) is 18.4 Å². The Morgan fingerprint density at radius 3 is 2.08 bits per heavy atom. The van der Waals surface area contributed by atoms with Gasteiger partial charge in [-0.3, -0.25) is 14.4 Å². The van der Waals surface area contributed by atoms with Gasteiger partial charge in [0.2, 0.25) is 0 Å². The highest BCUT2D eigenvalue weighted by Crippen LogP contribution is 2.40. The van der Waals surface area contributed by atoms with Crippen LogP contribution < -0.4 is 4.74 Å². The second kappa shape index (κ2) is 8.65. The van der Waals surface area contributed by atoms with E-state index < -0.39 is 29.7 Å². The molecule has 0 heterocycles. The Morgan fingerprint density at radius 2 is 1.60 bits per heavy atom. The van der Waals surface area contributed by atoms with Crippen LogP contribution in [0.2, 0.25) is 0 Å². The lowest BCUT2D eigenvalue weighted by Gasteiger charge is -2.32. The Bertz CT molecular complexity index is 605. The van der Waals surface area contributed by atoms with Crippen molar-refractivity contribution < 1.29 is 28.6 Å². The number of benzene rings is 1. The van der Waals surface area contributed by atoms with Crippen molar-refractivity contribution in [3.05, 3.63) is 29.8 Å². The van der Waals surface area contributed by atoms with Gasteiger partial charge in [0.15, 0.2) is 5.92 Å². The van der Waals surface area contributed by atoms with Crippen molar-refractivity contribution in [2.45, 2.75) is 31.6 Å². The predicted molar refractivity (Wildman–Crippen MR) is 90.2 cm³/mol. The smallest absolute Gasteiger partial charge is 0.320 e. The van der Waals surface area contributed by atoms with Crippen molar-refractivity contribution in [2.24, 2.45) is 11.8 Å². The first-order valence-corrected chi connectivity index (χ1v) is 8.35. The largest absolute Gasteiger partial charge is 0.497 e. The Labute approximate surface area is 147 Å². The minimum atomic E-state index is -1.17. The molecule has 0 spiro atoms. The van der Waals surface area contributed by atoms with Crippen LogP contribution in [-0.4, -0.2) is 39.1 Å². The zero-order valence-corrected chi connectivity index (χ0v) is 14.8. The second-order valence-electron chi connectivity index (χ2n) is 6.14. The van der Waals surface area contributed by atoms with Gasteiger partial charge >= 0.3 is 11.9 Å². The van der Waals surface area contributed by atoms with Gasteiger partial charge in [0.25, 0.3) is 0 Å². The molecule has 0 amide bonds. The SMILES string of the molecule is COC(=O)C(C(=O)OC)[C@@H](c1ccc(OC)cc1)[C@@H]1CCCCC1=O. The third kappa shape index (κ3) is 4.18. The molecule has 2 rings (SSSR count). The summed E-state index contributed by atoms with van der Waals surface area (Å²) in [7, 11) is 4.01. The van der Waals surface area contributed by atoms with Gasteiger partial charge in [-0.25, -0.2) is 0 Å². The molecule has 0 saturated heterocycles. The Morgan fingerprint density at radius 1 is 1.00 bits per heavy atom. The number of hydrogen-bond donors (Lipinski definition) is 0. The molecule has 1 saturated carbocycles. The first-order chi connectivity index (χ1) is 12.0. The van der Waals surface area contributed by atoms with Crippen LogP contribution in [0.4, 0.5) is 0 Å². The number of rotatable bonds is 6. The Kier molecular flexibility index (Phi) is 6.56. The summed E-state index contributed by atoms with van der Waals surface area (Å²) in [5.74, 6) is -2.84. The second-order valence-corrected chi connectivity index (χ2v) is 6.14. The van der Waals surface area contributed by atoms with Gasteiger partial charge in [-0.2, -0.15) is 0 Å². The molecular formula is C19H24O6. The number of methoxy groups -OCH3 is 3. The first-order valence-electron chi connectivity index (χ1n) is 8.35. The van der Waals surface area contributed by atoms with Crippen LogP contribution in [0.15, 0.2) is 24.3 Å². The summed E-state index contributed by atoms with van der Waals surface area (Å²) in [5.41, 5.74) is 0.724. The number of ketones is 1. The van der Waals surface area contributed by atoms with Crippen LogP contribution >= 0.6 is 0 Å². The molecule has 0 radical (unpaired) electrons. The molecule has 0 bridgehead atoms. The number of hydrogen-bond acceptors (Lipinski definition) is 6. The number of carbonyl (C=O) groups excluding carboxylic acids is 3. The van der Waals surface area contributed by atoms with E-state index in [4.69, 9.17) is 14.2 Å². The molecule has 1 aromatic rings. The molecule has 136 valence electrons. The quantitative estimate of drug-likeness (QED) is 0.580. The molecule has 1 aromatic carbocycles. The summed E-state index contributed by atoms with van der Waals surface area (Å²) in [5, 5.41) is 0. The number of carbonyl (C=O) groups is 3. The van der Waals surface area contributed by atoms with Crippen molar-refractivity contribution in [1.29, 1.82) is 0 Å². The van der Waals surface area contributed by atoms with Crippen LogP contribution in [-0.2, 0) is 23.9 Å². The number of ether oxygens (including phenoxy) is 3.